The van der Waals surface area contributed by atoms with Crippen molar-refractivity contribution in [2.45, 2.75) is 53.2 Å². The van der Waals surface area contributed by atoms with Crippen molar-refractivity contribution in [2.24, 2.45) is 5.41 Å². The van der Waals surface area contributed by atoms with Gasteiger partial charge in [-0.15, -0.1) is 0 Å². The van der Waals surface area contributed by atoms with E-state index in [1.165, 1.54) is 4.90 Å². The standard InChI is InChI=1S/C16H28N2O3/c1-11-8-9-12(21-11)13(15(2,3)4)17-14(19)18(7)10-16(5,6)20/h8-9,13,20H,10H2,1-7H3,(H,17,19). The number of nitrogens with one attached hydrogen (secondary N) is 1. The molecule has 0 spiro atoms. The van der Waals surface area contributed by atoms with Gasteiger partial charge in [-0.1, -0.05) is 20.8 Å². The number of likely N-dealkylation sites (N-methyl/N-ethyl adjacent to an activating group) is 1. The summed E-state index contributed by atoms with van der Waals surface area (Å²) in [5, 5.41) is 12.8. The Labute approximate surface area is 127 Å². The Hall–Kier alpha value is -1.49. The molecule has 0 aliphatic carbocycles. The Morgan fingerprint density at radius 3 is 2.29 bits per heavy atom. The molecule has 1 aromatic heterocycles. The first-order valence-electron chi connectivity index (χ1n) is 7.20. The SMILES string of the molecule is Cc1ccc(C(NC(=O)N(C)CC(C)(C)O)C(C)(C)C)o1. The predicted octanol–water partition coefficient (Wildman–Crippen LogP) is 3.09. The molecule has 5 heteroatoms. The molecule has 0 aliphatic heterocycles. The van der Waals surface area contributed by atoms with Gasteiger partial charge in [-0.3, -0.25) is 0 Å². The molecule has 1 rings (SSSR count). The van der Waals surface area contributed by atoms with Crippen LogP contribution in [0.2, 0.25) is 0 Å². The van der Waals surface area contributed by atoms with E-state index in [1.807, 2.05) is 39.8 Å². The van der Waals surface area contributed by atoms with Crippen molar-refractivity contribution >= 4 is 6.03 Å². The molecule has 0 aliphatic rings. The molecule has 0 fully saturated rings. The number of carbonyl (C=O) groups is 1. The van der Waals surface area contributed by atoms with Crippen LogP contribution in [-0.2, 0) is 0 Å². The van der Waals surface area contributed by atoms with E-state index in [4.69, 9.17) is 4.42 Å². The number of hydrogen-bond donors (Lipinski definition) is 2. The van der Waals surface area contributed by atoms with E-state index in [2.05, 4.69) is 5.32 Å². The van der Waals surface area contributed by atoms with Gasteiger partial charge < -0.3 is 19.7 Å². The normalized spacial score (nSPS) is 13.9. The molecular formula is C16H28N2O3. The zero-order valence-corrected chi connectivity index (χ0v) is 14.2. The van der Waals surface area contributed by atoms with Crippen molar-refractivity contribution in [3.8, 4) is 0 Å². The van der Waals surface area contributed by atoms with Crippen LogP contribution in [0.25, 0.3) is 0 Å². The number of rotatable bonds is 4. The third kappa shape index (κ3) is 5.42. The lowest BCUT2D eigenvalue weighted by Gasteiger charge is -2.33. The van der Waals surface area contributed by atoms with Crippen LogP contribution in [-0.4, -0.2) is 35.2 Å². The smallest absolute Gasteiger partial charge is 0.317 e. The van der Waals surface area contributed by atoms with E-state index in [0.29, 0.717) is 0 Å². The number of hydrogen-bond acceptors (Lipinski definition) is 3. The molecule has 1 atom stereocenters. The van der Waals surface area contributed by atoms with Crippen LogP contribution >= 0.6 is 0 Å². The lowest BCUT2D eigenvalue weighted by molar-refractivity contribution is 0.0518. The largest absolute Gasteiger partial charge is 0.464 e. The quantitative estimate of drug-likeness (QED) is 0.897. The lowest BCUT2D eigenvalue weighted by Crippen LogP contribution is -2.47. The maximum atomic E-state index is 12.3. The summed E-state index contributed by atoms with van der Waals surface area (Å²) in [6, 6.07) is 3.32. The molecule has 2 amide bonds. The summed E-state index contributed by atoms with van der Waals surface area (Å²) in [6.45, 7) is 11.6. The fourth-order valence-electron chi connectivity index (χ4n) is 2.21. The minimum absolute atomic E-state index is 0.185. The Balaban J connectivity index is 2.86. The topological polar surface area (TPSA) is 65.7 Å². The number of aryl methyl sites for hydroxylation is 1. The molecule has 1 unspecified atom stereocenters. The van der Waals surface area contributed by atoms with Crippen LogP contribution in [0.4, 0.5) is 4.79 Å². The maximum Gasteiger partial charge on any atom is 0.317 e. The van der Waals surface area contributed by atoms with E-state index < -0.39 is 5.60 Å². The molecule has 0 bridgehead atoms. The highest BCUT2D eigenvalue weighted by Crippen LogP contribution is 2.33. The van der Waals surface area contributed by atoms with Crippen LogP contribution in [0.1, 0.15) is 52.2 Å². The number of amides is 2. The number of nitrogens with zero attached hydrogens (tertiary/aromatic N) is 1. The van der Waals surface area contributed by atoms with E-state index in [9.17, 15) is 9.90 Å². The van der Waals surface area contributed by atoms with Crippen molar-refractivity contribution in [1.29, 1.82) is 0 Å². The van der Waals surface area contributed by atoms with Gasteiger partial charge in [0.05, 0.1) is 18.2 Å². The highest BCUT2D eigenvalue weighted by molar-refractivity contribution is 5.74. The van der Waals surface area contributed by atoms with Gasteiger partial charge in [0.25, 0.3) is 0 Å². The Morgan fingerprint density at radius 2 is 1.90 bits per heavy atom. The molecule has 0 saturated heterocycles. The summed E-state index contributed by atoms with van der Waals surface area (Å²) in [7, 11) is 1.67. The second-order valence-electron chi connectivity index (χ2n) is 7.37. The monoisotopic (exact) mass is 296 g/mol. The number of carbonyl (C=O) groups excluding carboxylic acids is 1. The molecule has 120 valence electrons. The van der Waals surface area contributed by atoms with Crippen LogP contribution in [0, 0.1) is 12.3 Å². The summed E-state index contributed by atoms with van der Waals surface area (Å²) in [4.78, 5) is 13.8. The van der Waals surface area contributed by atoms with Gasteiger partial charge in [0.2, 0.25) is 0 Å². The summed E-state index contributed by atoms with van der Waals surface area (Å²) in [5.41, 5.74) is -1.11. The summed E-state index contributed by atoms with van der Waals surface area (Å²) < 4.78 is 5.67. The molecule has 21 heavy (non-hydrogen) atoms. The minimum Gasteiger partial charge on any atom is -0.464 e. The van der Waals surface area contributed by atoms with Gasteiger partial charge in [-0.2, -0.15) is 0 Å². The third-order valence-electron chi connectivity index (χ3n) is 3.15. The Morgan fingerprint density at radius 1 is 1.33 bits per heavy atom. The molecule has 0 saturated carbocycles. The van der Waals surface area contributed by atoms with E-state index in [1.54, 1.807) is 20.9 Å². The fraction of sp³-hybridized carbons (Fsp3) is 0.688. The van der Waals surface area contributed by atoms with Crippen molar-refractivity contribution in [3.63, 3.8) is 0 Å². The first-order valence-corrected chi connectivity index (χ1v) is 7.20. The van der Waals surface area contributed by atoms with Crippen molar-refractivity contribution in [3.05, 3.63) is 23.7 Å². The average Bonchev–Trinajstić information content (AvgIpc) is 2.67. The zero-order chi connectivity index (χ0) is 16.4. The van der Waals surface area contributed by atoms with E-state index in [-0.39, 0.29) is 24.0 Å². The summed E-state index contributed by atoms with van der Waals surface area (Å²) >= 11 is 0. The van der Waals surface area contributed by atoms with Crippen molar-refractivity contribution < 1.29 is 14.3 Å². The first kappa shape index (κ1) is 17.6. The van der Waals surface area contributed by atoms with Crippen LogP contribution in [0.15, 0.2) is 16.5 Å². The van der Waals surface area contributed by atoms with Gasteiger partial charge in [0.15, 0.2) is 0 Å². The van der Waals surface area contributed by atoms with Gasteiger partial charge >= 0.3 is 6.03 Å². The van der Waals surface area contributed by atoms with Gasteiger partial charge in [0.1, 0.15) is 11.5 Å². The summed E-state index contributed by atoms with van der Waals surface area (Å²) in [6.07, 6.45) is 0. The van der Waals surface area contributed by atoms with Crippen LogP contribution < -0.4 is 5.32 Å². The van der Waals surface area contributed by atoms with Crippen molar-refractivity contribution in [1.82, 2.24) is 10.2 Å². The second-order valence-corrected chi connectivity index (χ2v) is 7.37. The van der Waals surface area contributed by atoms with Gasteiger partial charge in [0, 0.05) is 7.05 Å². The first-order chi connectivity index (χ1) is 9.40. The Kier molecular flexibility index (Phi) is 5.10. The average molecular weight is 296 g/mol. The molecule has 2 N–H and O–H groups in total. The number of aliphatic hydroxyl groups is 1. The van der Waals surface area contributed by atoms with Crippen LogP contribution in [0.5, 0.6) is 0 Å². The zero-order valence-electron chi connectivity index (χ0n) is 14.2. The fourth-order valence-corrected chi connectivity index (χ4v) is 2.21. The predicted molar refractivity (Wildman–Crippen MR) is 83.1 cm³/mol. The van der Waals surface area contributed by atoms with Gasteiger partial charge in [-0.25, -0.2) is 4.79 Å². The molecule has 0 radical (unpaired) electrons. The van der Waals surface area contributed by atoms with E-state index in [0.717, 1.165) is 11.5 Å². The molecule has 5 nitrogen and oxygen atoms in total. The van der Waals surface area contributed by atoms with Crippen molar-refractivity contribution in [2.75, 3.05) is 13.6 Å². The lowest BCUT2D eigenvalue weighted by atomic mass is 9.85. The molecule has 1 heterocycles. The number of urea groups is 1. The highest BCUT2D eigenvalue weighted by atomic mass is 16.3. The molecular weight excluding hydrogens is 268 g/mol. The highest BCUT2D eigenvalue weighted by Gasteiger charge is 2.32. The number of furan rings is 1. The molecule has 1 aromatic rings. The second kappa shape index (κ2) is 6.10. The molecule has 0 aromatic carbocycles. The van der Waals surface area contributed by atoms with E-state index >= 15 is 0 Å². The Bertz CT molecular complexity index is 480. The van der Waals surface area contributed by atoms with Crippen LogP contribution in [0.3, 0.4) is 0 Å². The van der Waals surface area contributed by atoms with Gasteiger partial charge in [-0.05, 0) is 38.3 Å². The third-order valence-corrected chi connectivity index (χ3v) is 3.15. The maximum absolute atomic E-state index is 12.3. The minimum atomic E-state index is -0.926. The summed E-state index contributed by atoms with van der Waals surface area (Å²) in [5.74, 6) is 1.56.